The highest BCUT2D eigenvalue weighted by Crippen LogP contribution is 2.49. The minimum atomic E-state index is -0.0380. The molecule has 0 spiro atoms. The number of hydrogen-bond donors (Lipinski definition) is 4. The van der Waals surface area contributed by atoms with E-state index in [4.69, 9.17) is 4.74 Å². The SMILES string of the molecule is CN1CCc2cccc3c2[C@H]1Cc1ccc(O)c(O)c1-3.COc1ccc2[nH]cc(CCNC(C)=O)c2c1. The van der Waals surface area contributed by atoms with E-state index in [9.17, 15) is 15.0 Å². The number of hydrogen-bond acceptors (Lipinski definition) is 5. The van der Waals surface area contributed by atoms with Crippen LogP contribution in [-0.2, 0) is 24.1 Å². The number of carbonyl (C=O) groups excluding carboxylic acids is 1. The number of amides is 1. The van der Waals surface area contributed by atoms with Gasteiger partial charge in [-0.05, 0) is 78.4 Å². The van der Waals surface area contributed by atoms with Crippen molar-refractivity contribution in [3.63, 3.8) is 0 Å². The Morgan fingerprint density at radius 1 is 1.16 bits per heavy atom. The van der Waals surface area contributed by atoms with E-state index in [2.05, 4.69) is 40.4 Å². The molecule has 7 heteroatoms. The van der Waals surface area contributed by atoms with E-state index >= 15 is 0 Å². The lowest BCUT2D eigenvalue weighted by Crippen LogP contribution is -2.35. The molecule has 0 saturated carbocycles. The van der Waals surface area contributed by atoms with Crippen molar-refractivity contribution in [2.24, 2.45) is 0 Å². The predicted octanol–water partition coefficient (Wildman–Crippen LogP) is 4.71. The number of ether oxygens (including phenoxy) is 1. The number of rotatable bonds is 4. The van der Waals surface area contributed by atoms with Gasteiger partial charge >= 0.3 is 0 Å². The van der Waals surface area contributed by atoms with E-state index in [1.165, 1.54) is 23.6 Å². The molecule has 6 rings (SSSR count). The molecule has 1 atom stereocenters. The summed E-state index contributed by atoms with van der Waals surface area (Å²) >= 11 is 0. The maximum Gasteiger partial charge on any atom is 0.216 e. The summed E-state index contributed by atoms with van der Waals surface area (Å²) in [7, 11) is 3.82. The van der Waals surface area contributed by atoms with E-state index in [-0.39, 0.29) is 17.4 Å². The number of aromatic nitrogens is 1. The molecule has 4 aromatic rings. The molecule has 0 unspecified atom stereocenters. The summed E-state index contributed by atoms with van der Waals surface area (Å²) in [6, 6.07) is 16.1. The number of methoxy groups -OCH3 is 1. The van der Waals surface area contributed by atoms with Gasteiger partial charge in [-0.15, -0.1) is 0 Å². The maximum absolute atomic E-state index is 10.8. The first kappa shape index (κ1) is 24.7. The second-order valence-electron chi connectivity index (χ2n) is 9.75. The number of nitrogens with one attached hydrogen (secondary N) is 2. The number of carbonyl (C=O) groups is 1. The van der Waals surface area contributed by atoms with Gasteiger partial charge in [-0.1, -0.05) is 24.3 Å². The summed E-state index contributed by atoms with van der Waals surface area (Å²) in [6.45, 7) is 3.25. The van der Waals surface area contributed by atoms with E-state index in [0.717, 1.165) is 59.2 Å². The van der Waals surface area contributed by atoms with Crippen LogP contribution in [0.25, 0.3) is 22.0 Å². The van der Waals surface area contributed by atoms with Crippen molar-refractivity contribution in [1.82, 2.24) is 15.2 Å². The van der Waals surface area contributed by atoms with Gasteiger partial charge in [0.15, 0.2) is 11.5 Å². The molecule has 1 aliphatic heterocycles. The highest BCUT2D eigenvalue weighted by molar-refractivity contribution is 5.85. The third-order valence-corrected chi connectivity index (χ3v) is 7.46. The van der Waals surface area contributed by atoms with Crippen LogP contribution < -0.4 is 10.1 Å². The molecule has 1 aromatic heterocycles. The van der Waals surface area contributed by atoms with Gasteiger partial charge in [0.25, 0.3) is 0 Å². The summed E-state index contributed by atoms with van der Waals surface area (Å²) in [4.78, 5) is 16.4. The van der Waals surface area contributed by atoms with Crippen LogP contribution in [0.3, 0.4) is 0 Å². The van der Waals surface area contributed by atoms with Crippen LogP contribution in [0, 0.1) is 0 Å². The molecule has 0 radical (unpaired) electrons. The standard InChI is InChI=1S/C17H17NO2.C13H16N2O2/c1-18-8-7-10-3-2-4-12-15(10)13(18)9-11-5-6-14(19)17(20)16(11)12;1-9(16)14-6-5-10-8-15-13-4-3-11(17-2)7-12(10)13/h2-6,13,19-20H,7-9H2,1H3;3-4,7-8,15H,5-6H2,1-2H3,(H,14,16)/t13-;/m1./s1. The summed E-state index contributed by atoms with van der Waals surface area (Å²) in [5.41, 5.74) is 7.98. The summed E-state index contributed by atoms with van der Waals surface area (Å²) in [5, 5.41) is 24.0. The van der Waals surface area contributed by atoms with E-state index in [1.54, 1.807) is 13.2 Å². The lowest BCUT2D eigenvalue weighted by molar-refractivity contribution is -0.118. The van der Waals surface area contributed by atoms with Crippen LogP contribution in [-0.4, -0.2) is 53.3 Å². The lowest BCUT2D eigenvalue weighted by atomic mass is 9.77. The number of nitrogens with zero attached hydrogens (tertiary/aromatic N) is 1. The molecule has 1 aliphatic carbocycles. The quantitative estimate of drug-likeness (QED) is 0.305. The summed E-state index contributed by atoms with van der Waals surface area (Å²) in [6.07, 6.45) is 4.73. The number of aromatic amines is 1. The van der Waals surface area contributed by atoms with Crippen molar-refractivity contribution in [3.8, 4) is 28.4 Å². The van der Waals surface area contributed by atoms with Gasteiger partial charge in [0, 0.05) is 48.7 Å². The molecule has 7 nitrogen and oxygen atoms in total. The number of phenolic OH excluding ortho intramolecular Hbond substituents is 2. The molecule has 37 heavy (non-hydrogen) atoms. The predicted molar refractivity (Wildman–Crippen MR) is 145 cm³/mol. The van der Waals surface area contributed by atoms with Gasteiger partial charge in [0.05, 0.1) is 7.11 Å². The Hall–Kier alpha value is -3.97. The second-order valence-corrected chi connectivity index (χ2v) is 9.75. The van der Waals surface area contributed by atoms with Crippen molar-refractivity contribution in [1.29, 1.82) is 0 Å². The van der Waals surface area contributed by atoms with Gasteiger partial charge in [0.2, 0.25) is 5.91 Å². The Kier molecular flexibility index (Phi) is 6.80. The lowest BCUT2D eigenvalue weighted by Gasteiger charge is -2.39. The first-order valence-corrected chi connectivity index (χ1v) is 12.6. The maximum atomic E-state index is 10.8. The Morgan fingerprint density at radius 3 is 2.78 bits per heavy atom. The Balaban J connectivity index is 0.000000154. The zero-order valence-corrected chi connectivity index (χ0v) is 21.5. The topological polar surface area (TPSA) is 97.8 Å². The molecule has 2 aliphatic rings. The molecule has 4 N–H and O–H groups in total. The molecular formula is C30H33N3O4. The van der Waals surface area contributed by atoms with Crippen molar-refractivity contribution in [2.75, 3.05) is 27.2 Å². The van der Waals surface area contributed by atoms with Crippen LogP contribution in [0.4, 0.5) is 0 Å². The van der Waals surface area contributed by atoms with Crippen LogP contribution >= 0.6 is 0 Å². The highest BCUT2D eigenvalue weighted by atomic mass is 16.5. The fraction of sp³-hybridized carbons (Fsp3) is 0.300. The first-order valence-electron chi connectivity index (χ1n) is 12.6. The van der Waals surface area contributed by atoms with Crippen molar-refractivity contribution in [2.45, 2.75) is 32.2 Å². The molecule has 192 valence electrons. The largest absolute Gasteiger partial charge is 0.504 e. The Bertz CT molecular complexity index is 1460. The second kappa shape index (κ2) is 10.2. The van der Waals surface area contributed by atoms with Crippen LogP contribution in [0.2, 0.25) is 0 Å². The molecule has 0 fully saturated rings. The summed E-state index contributed by atoms with van der Waals surface area (Å²) < 4.78 is 5.21. The van der Waals surface area contributed by atoms with Crippen molar-refractivity contribution >= 4 is 16.8 Å². The molecular weight excluding hydrogens is 466 g/mol. The van der Waals surface area contributed by atoms with E-state index in [1.807, 2.05) is 30.5 Å². The zero-order chi connectivity index (χ0) is 26.1. The van der Waals surface area contributed by atoms with Crippen LogP contribution in [0.1, 0.15) is 35.2 Å². The van der Waals surface area contributed by atoms with Gasteiger partial charge < -0.3 is 25.3 Å². The third kappa shape index (κ3) is 4.74. The van der Waals surface area contributed by atoms with Gasteiger partial charge in [-0.3, -0.25) is 9.69 Å². The molecule has 2 heterocycles. The van der Waals surface area contributed by atoms with E-state index < -0.39 is 0 Å². The fourth-order valence-corrected chi connectivity index (χ4v) is 5.54. The fourth-order valence-electron chi connectivity index (χ4n) is 5.54. The number of likely N-dealkylation sites (N-methyl/N-ethyl adjacent to an activating group) is 1. The minimum Gasteiger partial charge on any atom is -0.504 e. The van der Waals surface area contributed by atoms with E-state index in [0.29, 0.717) is 12.6 Å². The van der Waals surface area contributed by atoms with Gasteiger partial charge in [0.1, 0.15) is 5.75 Å². The number of benzene rings is 3. The van der Waals surface area contributed by atoms with Gasteiger partial charge in [-0.25, -0.2) is 0 Å². The van der Waals surface area contributed by atoms with Crippen LogP contribution in [0.15, 0.2) is 54.7 Å². The smallest absolute Gasteiger partial charge is 0.216 e. The minimum absolute atomic E-state index is 0.00224. The van der Waals surface area contributed by atoms with Gasteiger partial charge in [-0.2, -0.15) is 0 Å². The average molecular weight is 500 g/mol. The molecule has 0 saturated heterocycles. The van der Waals surface area contributed by atoms with Crippen LogP contribution in [0.5, 0.6) is 17.2 Å². The number of phenols is 2. The number of aromatic hydroxyl groups is 2. The zero-order valence-electron chi connectivity index (χ0n) is 21.5. The number of H-pyrrole nitrogens is 1. The third-order valence-electron chi connectivity index (χ3n) is 7.46. The molecule has 0 bridgehead atoms. The average Bonchev–Trinajstić information content (AvgIpc) is 3.30. The van der Waals surface area contributed by atoms with Crippen molar-refractivity contribution < 1.29 is 19.7 Å². The first-order chi connectivity index (χ1) is 17.9. The molecule has 3 aromatic carbocycles. The van der Waals surface area contributed by atoms with Crippen molar-refractivity contribution in [3.05, 3.63) is 77.0 Å². The Morgan fingerprint density at radius 2 is 2.00 bits per heavy atom. The number of fused-ring (bicyclic) bond motifs is 3. The Labute approximate surface area is 216 Å². The highest BCUT2D eigenvalue weighted by Gasteiger charge is 2.34. The normalized spacial score (nSPS) is 15.8. The monoisotopic (exact) mass is 499 g/mol. The molecule has 1 amide bonds. The summed E-state index contributed by atoms with van der Waals surface area (Å²) in [5.74, 6) is 0.826.